The first kappa shape index (κ1) is 11.9. The van der Waals surface area contributed by atoms with Gasteiger partial charge in [0, 0.05) is 23.4 Å². The third-order valence-corrected chi connectivity index (χ3v) is 3.07. The van der Waals surface area contributed by atoms with E-state index in [2.05, 4.69) is 15.3 Å². The van der Waals surface area contributed by atoms with Crippen molar-refractivity contribution in [2.24, 2.45) is 10.5 Å². The molecule has 0 saturated heterocycles. The Bertz CT molecular complexity index is 265. The molecule has 0 aromatic carbocycles. The Labute approximate surface area is 89.9 Å². The fourth-order valence-electron chi connectivity index (χ4n) is 2.04. The summed E-state index contributed by atoms with van der Waals surface area (Å²) < 4.78 is 0. The van der Waals surface area contributed by atoms with Gasteiger partial charge in [-0.15, -0.1) is 0 Å². The second-order valence-corrected chi connectivity index (χ2v) is 4.33. The summed E-state index contributed by atoms with van der Waals surface area (Å²) in [4.78, 5) is 14.5. The molecular weight excluding hydrogens is 192 g/mol. The van der Waals surface area contributed by atoms with Crippen LogP contribution in [0.3, 0.4) is 0 Å². The molecule has 84 valence electrons. The lowest BCUT2D eigenvalue weighted by Gasteiger charge is -2.31. The highest BCUT2D eigenvalue weighted by Gasteiger charge is 2.33. The minimum absolute atomic E-state index is 0.107. The minimum Gasteiger partial charge on any atom is -0.355 e. The molecule has 1 rings (SSSR count). The van der Waals surface area contributed by atoms with Crippen molar-refractivity contribution in [1.29, 1.82) is 0 Å². The summed E-state index contributed by atoms with van der Waals surface area (Å²) in [5, 5.41) is 6.20. The molecular formula is C10H18N4O. The second-order valence-electron chi connectivity index (χ2n) is 4.33. The summed E-state index contributed by atoms with van der Waals surface area (Å²) in [6, 6.07) is 0. The van der Waals surface area contributed by atoms with Crippen LogP contribution in [0.4, 0.5) is 0 Å². The van der Waals surface area contributed by atoms with E-state index in [1.165, 1.54) is 6.42 Å². The topological polar surface area (TPSA) is 77.9 Å². The maximum atomic E-state index is 11.8. The van der Waals surface area contributed by atoms with Gasteiger partial charge >= 0.3 is 0 Å². The number of hydrogen-bond acceptors (Lipinski definition) is 2. The smallest absolute Gasteiger partial charge is 0.225 e. The average molecular weight is 210 g/mol. The molecule has 1 aliphatic rings. The zero-order valence-corrected chi connectivity index (χ0v) is 9.20. The van der Waals surface area contributed by atoms with Crippen LogP contribution in [-0.2, 0) is 4.79 Å². The van der Waals surface area contributed by atoms with Crippen LogP contribution in [-0.4, -0.2) is 19.0 Å². The molecule has 0 heterocycles. The average Bonchev–Trinajstić information content (AvgIpc) is 2.25. The minimum atomic E-state index is -0.200. The van der Waals surface area contributed by atoms with Gasteiger partial charge in [0.1, 0.15) is 0 Å². The number of carbonyl (C=O) groups is 1. The predicted octanol–water partition coefficient (Wildman–Crippen LogP) is 2.38. The Kier molecular flexibility index (Phi) is 4.43. The zero-order chi connectivity index (χ0) is 11.1. The Balaban J connectivity index is 2.34. The molecule has 5 nitrogen and oxygen atoms in total. The fraction of sp³-hybridized carbons (Fsp3) is 0.900. The van der Waals surface area contributed by atoms with E-state index in [1.54, 1.807) is 0 Å². The number of azide groups is 1. The standard InChI is InChI=1S/C10H18N4O/c1-10(5-3-2-4-6-10)9(15)12-7-8-13-14-11/h2-8H2,1H3,(H,12,15). The van der Waals surface area contributed by atoms with Crippen LogP contribution >= 0.6 is 0 Å². The highest BCUT2D eigenvalue weighted by atomic mass is 16.2. The Morgan fingerprint density at radius 1 is 1.47 bits per heavy atom. The van der Waals surface area contributed by atoms with Crippen molar-refractivity contribution in [1.82, 2.24) is 5.32 Å². The van der Waals surface area contributed by atoms with E-state index in [9.17, 15) is 4.79 Å². The lowest BCUT2D eigenvalue weighted by atomic mass is 9.75. The highest BCUT2D eigenvalue weighted by Crippen LogP contribution is 2.35. The van der Waals surface area contributed by atoms with Crippen molar-refractivity contribution < 1.29 is 4.79 Å². The molecule has 0 aliphatic heterocycles. The normalized spacial score (nSPS) is 19.0. The molecule has 0 atom stereocenters. The first-order chi connectivity index (χ1) is 7.19. The van der Waals surface area contributed by atoms with Gasteiger partial charge in [-0.05, 0) is 18.4 Å². The van der Waals surface area contributed by atoms with Crippen LogP contribution in [0, 0.1) is 5.41 Å². The lowest BCUT2D eigenvalue weighted by molar-refractivity contribution is -0.131. The molecule has 0 bridgehead atoms. The van der Waals surface area contributed by atoms with Crippen molar-refractivity contribution in [3.8, 4) is 0 Å². The largest absolute Gasteiger partial charge is 0.355 e. The number of hydrogen-bond donors (Lipinski definition) is 1. The molecule has 5 heteroatoms. The summed E-state index contributed by atoms with van der Waals surface area (Å²) in [5.74, 6) is 0.107. The van der Waals surface area contributed by atoms with E-state index < -0.39 is 0 Å². The molecule has 1 amide bonds. The molecule has 1 fully saturated rings. The summed E-state index contributed by atoms with van der Waals surface area (Å²) in [6.45, 7) is 2.80. The number of nitrogens with zero attached hydrogens (tertiary/aromatic N) is 3. The molecule has 1 saturated carbocycles. The summed E-state index contributed by atoms with van der Waals surface area (Å²) in [5.41, 5.74) is 7.88. The van der Waals surface area contributed by atoms with Crippen LogP contribution in [0.5, 0.6) is 0 Å². The van der Waals surface area contributed by atoms with Gasteiger partial charge in [0.25, 0.3) is 0 Å². The van der Waals surface area contributed by atoms with E-state index in [-0.39, 0.29) is 11.3 Å². The maximum Gasteiger partial charge on any atom is 0.225 e. The SMILES string of the molecule is CC1(C(=O)NCCN=[N+]=[N-])CCCCC1. The number of carbonyl (C=O) groups excluding carboxylic acids is 1. The number of nitrogens with one attached hydrogen (secondary N) is 1. The summed E-state index contributed by atoms with van der Waals surface area (Å²) in [6.07, 6.45) is 5.46. The molecule has 0 spiro atoms. The van der Waals surface area contributed by atoms with Gasteiger partial charge in [-0.1, -0.05) is 31.3 Å². The van der Waals surface area contributed by atoms with Crippen molar-refractivity contribution in [3.05, 3.63) is 10.4 Å². The molecule has 0 aromatic heterocycles. The number of rotatable bonds is 4. The lowest BCUT2D eigenvalue weighted by Crippen LogP contribution is -2.41. The predicted molar refractivity (Wildman–Crippen MR) is 58.2 cm³/mol. The van der Waals surface area contributed by atoms with E-state index in [4.69, 9.17) is 5.53 Å². The third kappa shape index (κ3) is 3.44. The summed E-state index contributed by atoms with van der Waals surface area (Å²) in [7, 11) is 0. The Hall–Kier alpha value is -1.22. The van der Waals surface area contributed by atoms with Gasteiger partial charge in [0.05, 0.1) is 0 Å². The van der Waals surface area contributed by atoms with Crippen molar-refractivity contribution in [3.63, 3.8) is 0 Å². The van der Waals surface area contributed by atoms with E-state index >= 15 is 0 Å². The zero-order valence-electron chi connectivity index (χ0n) is 9.20. The Morgan fingerprint density at radius 2 is 2.13 bits per heavy atom. The Morgan fingerprint density at radius 3 is 2.73 bits per heavy atom. The van der Waals surface area contributed by atoms with Gasteiger partial charge in [0.2, 0.25) is 5.91 Å². The first-order valence-corrected chi connectivity index (χ1v) is 5.48. The number of amides is 1. The van der Waals surface area contributed by atoms with Crippen LogP contribution < -0.4 is 5.32 Å². The van der Waals surface area contributed by atoms with Crippen LogP contribution in [0.2, 0.25) is 0 Å². The second kappa shape index (κ2) is 5.61. The van der Waals surface area contributed by atoms with Crippen molar-refractivity contribution in [2.45, 2.75) is 39.0 Å². The van der Waals surface area contributed by atoms with E-state index in [0.717, 1.165) is 25.7 Å². The molecule has 0 unspecified atom stereocenters. The van der Waals surface area contributed by atoms with Gasteiger partial charge in [-0.2, -0.15) is 0 Å². The molecule has 1 aliphatic carbocycles. The fourth-order valence-corrected chi connectivity index (χ4v) is 2.04. The van der Waals surface area contributed by atoms with Gasteiger partial charge in [-0.3, -0.25) is 4.79 Å². The monoisotopic (exact) mass is 210 g/mol. The van der Waals surface area contributed by atoms with E-state index in [0.29, 0.717) is 13.1 Å². The first-order valence-electron chi connectivity index (χ1n) is 5.48. The summed E-state index contributed by atoms with van der Waals surface area (Å²) >= 11 is 0. The molecule has 0 aromatic rings. The van der Waals surface area contributed by atoms with Crippen molar-refractivity contribution in [2.75, 3.05) is 13.1 Å². The quantitative estimate of drug-likeness (QED) is 0.329. The highest BCUT2D eigenvalue weighted by molar-refractivity contribution is 5.82. The van der Waals surface area contributed by atoms with Gasteiger partial charge in [0.15, 0.2) is 0 Å². The van der Waals surface area contributed by atoms with Crippen LogP contribution in [0.1, 0.15) is 39.0 Å². The van der Waals surface area contributed by atoms with Crippen LogP contribution in [0.25, 0.3) is 10.4 Å². The third-order valence-electron chi connectivity index (χ3n) is 3.07. The van der Waals surface area contributed by atoms with Crippen LogP contribution in [0.15, 0.2) is 5.11 Å². The van der Waals surface area contributed by atoms with Crippen molar-refractivity contribution >= 4 is 5.91 Å². The molecule has 0 radical (unpaired) electrons. The van der Waals surface area contributed by atoms with Gasteiger partial charge in [-0.25, -0.2) is 0 Å². The van der Waals surface area contributed by atoms with E-state index in [1.807, 2.05) is 6.92 Å². The maximum absolute atomic E-state index is 11.8. The molecule has 15 heavy (non-hydrogen) atoms. The molecule has 1 N–H and O–H groups in total. The van der Waals surface area contributed by atoms with Gasteiger partial charge < -0.3 is 5.32 Å².